The summed E-state index contributed by atoms with van der Waals surface area (Å²) in [6.45, 7) is -0.171. The van der Waals surface area contributed by atoms with E-state index in [1.165, 1.54) is 0 Å². The van der Waals surface area contributed by atoms with Crippen LogP contribution in [-0.4, -0.2) is 18.5 Å². The van der Waals surface area contributed by atoms with E-state index in [0.29, 0.717) is 4.90 Å². The summed E-state index contributed by atoms with van der Waals surface area (Å²) in [4.78, 5) is 12.0. The van der Waals surface area contributed by atoms with E-state index in [4.69, 9.17) is 5.73 Å². The molecule has 0 bridgehead atoms. The second-order valence-corrected chi connectivity index (χ2v) is 3.79. The number of hydrogen-bond acceptors (Lipinski definition) is 2. The summed E-state index contributed by atoms with van der Waals surface area (Å²) in [5.74, 6) is -6.95. The first kappa shape index (κ1) is 11.8. The Balaban J connectivity index is 2.55. The number of anilines is 1. The minimum absolute atomic E-state index is 0.0919. The number of amides is 1. The van der Waals surface area contributed by atoms with Gasteiger partial charge in [0.05, 0.1) is 0 Å². The van der Waals surface area contributed by atoms with Crippen LogP contribution < -0.4 is 10.6 Å². The van der Waals surface area contributed by atoms with Gasteiger partial charge < -0.3 is 10.6 Å². The van der Waals surface area contributed by atoms with Crippen LogP contribution in [0.1, 0.15) is 6.42 Å². The lowest BCUT2D eigenvalue weighted by molar-refractivity contribution is -0.117. The summed E-state index contributed by atoms with van der Waals surface area (Å²) >= 11 is 0. The molecule has 0 radical (unpaired) electrons. The minimum atomic E-state index is -1.59. The molecule has 0 saturated carbocycles. The van der Waals surface area contributed by atoms with Crippen molar-refractivity contribution in [2.75, 3.05) is 11.4 Å². The van der Waals surface area contributed by atoms with Gasteiger partial charge in [0.15, 0.2) is 23.3 Å². The number of benzene rings is 1. The number of carbonyl (C=O) groups is 1. The normalized spacial score (nSPS) is 20.2. The highest BCUT2D eigenvalue weighted by molar-refractivity contribution is 5.96. The van der Waals surface area contributed by atoms with Gasteiger partial charge in [0.25, 0.3) is 0 Å². The quantitative estimate of drug-likeness (QED) is 0.601. The molecule has 2 N–H and O–H groups in total. The van der Waals surface area contributed by atoms with E-state index >= 15 is 0 Å². The third-order valence-corrected chi connectivity index (χ3v) is 2.51. The highest BCUT2D eigenvalue weighted by atomic mass is 19.2. The van der Waals surface area contributed by atoms with E-state index in [2.05, 4.69) is 0 Å². The highest BCUT2D eigenvalue weighted by Crippen LogP contribution is 2.30. The van der Waals surface area contributed by atoms with Crippen LogP contribution in [0.5, 0.6) is 0 Å². The fourth-order valence-electron chi connectivity index (χ4n) is 1.75. The molecule has 1 heterocycles. The van der Waals surface area contributed by atoms with E-state index in [0.717, 1.165) is 0 Å². The first-order valence-electron chi connectivity index (χ1n) is 4.80. The zero-order valence-electron chi connectivity index (χ0n) is 8.51. The van der Waals surface area contributed by atoms with Crippen LogP contribution >= 0.6 is 0 Å². The first-order valence-corrected chi connectivity index (χ1v) is 4.80. The average Bonchev–Trinajstić information content (AvgIpc) is 2.56. The molecular weight excluding hydrogens is 240 g/mol. The zero-order valence-corrected chi connectivity index (χ0v) is 8.51. The molecule has 3 nitrogen and oxygen atoms in total. The van der Waals surface area contributed by atoms with Crippen molar-refractivity contribution >= 4 is 11.6 Å². The van der Waals surface area contributed by atoms with Gasteiger partial charge in [-0.2, -0.15) is 0 Å². The van der Waals surface area contributed by atoms with E-state index < -0.39 is 40.9 Å². The summed E-state index contributed by atoms with van der Waals surface area (Å²) in [5.41, 5.74) is 4.42. The predicted octanol–water partition coefficient (Wildman–Crippen LogP) is 1.31. The van der Waals surface area contributed by atoms with Crippen molar-refractivity contribution in [3.05, 3.63) is 29.3 Å². The van der Waals surface area contributed by atoms with Gasteiger partial charge in [0, 0.05) is 25.1 Å². The molecule has 1 aromatic rings. The monoisotopic (exact) mass is 248 g/mol. The summed E-state index contributed by atoms with van der Waals surface area (Å²) in [6, 6.07) is -0.512. The molecule has 92 valence electrons. The van der Waals surface area contributed by atoms with Crippen LogP contribution in [0.25, 0.3) is 0 Å². The minimum Gasteiger partial charge on any atom is -0.326 e. The summed E-state index contributed by atoms with van der Waals surface area (Å²) in [5, 5.41) is 0. The SMILES string of the molecule is NC1CC(=O)N(c2c(F)c(F)cc(F)c2F)C1. The Labute approximate surface area is 93.8 Å². The van der Waals surface area contributed by atoms with Crippen LogP contribution in [0.15, 0.2) is 6.07 Å². The Morgan fingerprint density at radius 3 is 2.12 bits per heavy atom. The molecule has 1 amide bonds. The second-order valence-electron chi connectivity index (χ2n) is 3.79. The molecule has 1 aliphatic heterocycles. The smallest absolute Gasteiger partial charge is 0.228 e. The number of rotatable bonds is 1. The molecule has 1 aliphatic rings. The molecule has 0 aromatic heterocycles. The van der Waals surface area contributed by atoms with Crippen LogP contribution in [-0.2, 0) is 4.79 Å². The summed E-state index contributed by atoms with van der Waals surface area (Å²) in [7, 11) is 0. The van der Waals surface area contributed by atoms with Gasteiger partial charge in [-0.15, -0.1) is 0 Å². The number of halogens is 4. The standard InChI is InChI=1S/C10H8F4N2O/c11-5-2-6(12)9(14)10(8(5)13)16-3-4(15)1-7(16)17/h2,4H,1,3,15H2. The van der Waals surface area contributed by atoms with E-state index in [-0.39, 0.29) is 19.0 Å². The molecule has 17 heavy (non-hydrogen) atoms. The maximum atomic E-state index is 13.4. The molecule has 7 heteroatoms. The van der Waals surface area contributed by atoms with Crippen molar-refractivity contribution in [3.63, 3.8) is 0 Å². The van der Waals surface area contributed by atoms with Gasteiger partial charge in [0.1, 0.15) is 5.69 Å². The molecule has 0 aliphatic carbocycles. The molecule has 1 unspecified atom stereocenters. The van der Waals surface area contributed by atoms with Crippen LogP contribution in [0.2, 0.25) is 0 Å². The fourth-order valence-corrected chi connectivity index (χ4v) is 1.75. The van der Waals surface area contributed by atoms with Crippen LogP contribution in [0, 0.1) is 23.3 Å². The molecule has 1 saturated heterocycles. The van der Waals surface area contributed by atoms with Crippen molar-refractivity contribution in [1.29, 1.82) is 0 Å². The Bertz CT molecular complexity index is 465. The Kier molecular flexibility index (Phi) is 2.78. The molecule has 1 atom stereocenters. The van der Waals surface area contributed by atoms with Crippen molar-refractivity contribution < 1.29 is 22.4 Å². The average molecular weight is 248 g/mol. The Hall–Kier alpha value is -1.63. The number of nitrogens with two attached hydrogens (primary N) is 1. The largest absolute Gasteiger partial charge is 0.326 e. The lowest BCUT2D eigenvalue weighted by Crippen LogP contribution is -2.30. The first-order chi connectivity index (χ1) is 7.91. The van der Waals surface area contributed by atoms with Crippen LogP contribution in [0.4, 0.5) is 23.2 Å². The van der Waals surface area contributed by atoms with Gasteiger partial charge in [-0.3, -0.25) is 4.79 Å². The fraction of sp³-hybridized carbons (Fsp3) is 0.300. The summed E-state index contributed by atoms with van der Waals surface area (Å²) < 4.78 is 52.7. The number of nitrogens with zero attached hydrogens (tertiary/aromatic N) is 1. The van der Waals surface area contributed by atoms with E-state index in [1.807, 2.05) is 0 Å². The third-order valence-electron chi connectivity index (χ3n) is 2.51. The van der Waals surface area contributed by atoms with Gasteiger partial charge in [-0.05, 0) is 0 Å². The zero-order chi connectivity index (χ0) is 12.7. The van der Waals surface area contributed by atoms with Crippen LogP contribution in [0.3, 0.4) is 0 Å². The predicted molar refractivity (Wildman–Crippen MR) is 51.2 cm³/mol. The maximum absolute atomic E-state index is 13.4. The topological polar surface area (TPSA) is 46.3 Å². The summed E-state index contributed by atoms with van der Waals surface area (Å²) in [6.07, 6.45) is -0.114. The number of carbonyl (C=O) groups excluding carboxylic acids is 1. The lowest BCUT2D eigenvalue weighted by atomic mass is 10.2. The molecule has 1 aromatic carbocycles. The molecule has 1 fully saturated rings. The van der Waals surface area contributed by atoms with E-state index in [9.17, 15) is 22.4 Å². The van der Waals surface area contributed by atoms with Gasteiger partial charge in [0.2, 0.25) is 5.91 Å². The van der Waals surface area contributed by atoms with Gasteiger partial charge in [-0.1, -0.05) is 0 Å². The molecular formula is C10H8F4N2O. The second kappa shape index (κ2) is 3.99. The Morgan fingerprint density at radius 1 is 1.18 bits per heavy atom. The van der Waals surface area contributed by atoms with E-state index in [1.54, 1.807) is 0 Å². The van der Waals surface area contributed by atoms with Crippen molar-refractivity contribution in [3.8, 4) is 0 Å². The van der Waals surface area contributed by atoms with Gasteiger partial charge >= 0.3 is 0 Å². The maximum Gasteiger partial charge on any atom is 0.228 e. The van der Waals surface area contributed by atoms with Crippen molar-refractivity contribution in [2.45, 2.75) is 12.5 Å². The lowest BCUT2D eigenvalue weighted by Gasteiger charge is -2.18. The Morgan fingerprint density at radius 2 is 1.71 bits per heavy atom. The highest BCUT2D eigenvalue weighted by Gasteiger charge is 2.34. The van der Waals surface area contributed by atoms with Crippen molar-refractivity contribution in [2.24, 2.45) is 5.73 Å². The molecule has 2 rings (SSSR count). The third kappa shape index (κ3) is 1.86. The number of hydrogen-bond donors (Lipinski definition) is 1. The molecule has 0 spiro atoms. The van der Waals surface area contributed by atoms with Gasteiger partial charge in [-0.25, -0.2) is 17.6 Å². The van der Waals surface area contributed by atoms with Crippen molar-refractivity contribution in [1.82, 2.24) is 0 Å².